The first-order valence-corrected chi connectivity index (χ1v) is 7.95. The van der Waals surface area contributed by atoms with Gasteiger partial charge in [-0.15, -0.1) is 0 Å². The first-order chi connectivity index (χ1) is 11.1. The van der Waals surface area contributed by atoms with Crippen LogP contribution in [-0.4, -0.2) is 45.8 Å². The maximum atomic E-state index is 11.0. The lowest BCUT2D eigenvalue weighted by Crippen LogP contribution is -2.25. The van der Waals surface area contributed by atoms with Crippen molar-refractivity contribution in [3.8, 4) is 0 Å². The molecule has 0 aliphatic heterocycles. The molecule has 0 saturated carbocycles. The van der Waals surface area contributed by atoms with Crippen molar-refractivity contribution < 1.29 is 9.55 Å². The molecular weight excluding hydrogens is 298 g/mol. The summed E-state index contributed by atoms with van der Waals surface area (Å²) in [6.45, 7) is 9.60. The number of anilines is 1. The maximum Gasteiger partial charge on any atom is 0.300 e. The number of non-ortho nitro benzene ring substituents is 1. The van der Waals surface area contributed by atoms with Gasteiger partial charge in [0.1, 0.15) is 0 Å². The summed E-state index contributed by atoms with van der Waals surface area (Å²) >= 11 is 0. The van der Waals surface area contributed by atoms with Crippen LogP contribution in [0, 0.1) is 10.1 Å². The van der Waals surface area contributed by atoms with Crippen LogP contribution in [0.4, 0.5) is 11.4 Å². The fourth-order valence-corrected chi connectivity index (χ4v) is 2.62. The summed E-state index contributed by atoms with van der Waals surface area (Å²) in [6, 6.07) is 3.31. The van der Waals surface area contributed by atoms with Gasteiger partial charge >= 0.3 is 5.69 Å². The third kappa shape index (κ3) is 4.16. The molecule has 0 saturated heterocycles. The van der Waals surface area contributed by atoms with E-state index in [1.165, 1.54) is 6.07 Å². The Morgan fingerprint density at radius 1 is 1.30 bits per heavy atom. The van der Waals surface area contributed by atoms with Crippen molar-refractivity contribution >= 4 is 22.4 Å². The zero-order valence-corrected chi connectivity index (χ0v) is 13.8. The van der Waals surface area contributed by atoms with Crippen molar-refractivity contribution in [3.63, 3.8) is 0 Å². The van der Waals surface area contributed by atoms with Crippen molar-refractivity contribution in [2.75, 3.05) is 25.0 Å². The number of nitrogens with one attached hydrogen (secondary N) is 1. The van der Waals surface area contributed by atoms with Crippen LogP contribution in [-0.2, 0) is 0 Å². The number of fused-ring (bicyclic) bond motifs is 1. The lowest BCUT2D eigenvalue weighted by Gasteiger charge is -2.20. The molecule has 0 unspecified atom stereocenters. The monoisotopic (exact) mass is 321 g/mol. The molecule has 2 rings (SSSR count). The number of benzene rings is 1. The lowest BCUT2D eigenvalue weighted by atomic mass is 10.1. The van der Waals surface area contributed by atoms with Gasteiger partial charge in [-0.3, -0.25) is 10.1 Å². The quantitative estimate of drug-likeness (QED) is 0.560. The highest BCUT2D eigenvalue weighted by molar-refractivity contribution is 5.93. The van der Waals surface area contributed by atoms with E-state index in [4.69, 9.17) is 0 Å². The van der Waals surface area contributed by atoms with Crippen molar-refractivity contribution in [2.45, 2.75) is 39.7 Å². The summed E-state index contributed by atoms with van der Waals surface area (Å²) in [7, 11) is 0. The van der Waals surface area contributed by atoms with Crippen LogP contribution in [0.25, 0.3) is 11.0 Å². The molecule has 2 aromatic rings. The number of hydrogen-bond donors (Lipinski definition) is 1. The molecule has 1 aromatic heterocycles. The van der Waals surface area contributed by atoms with E-state index in [0.717, 1.165) is 32.5 Å². The largest absolute Gasteiger partial charge is 0.381 e. The highest BCUT2D eigenvalue weighted by Gasteiger charge is 2.20. The normalized spacial score (nSPS) is 12.7. The number of nitrogens with zero attached hydrogens (tertiary/aromatic N) is 4. The first kappa shape index (κ1) is 17.1. The fourth-order valence-electron chi connectivity index (χ4n) is 2.62. The molecule has 126 valence electrons. The summed E-state index contributed by atoms with van der Waals surface area (Å²) < 4.78 is 4.67. The summed E-state index contributed by atoms with van der Waals surface area (Å²) in [5, 5.41) is 21.8. The molecule has 1 aromatic carbocycles. The Labute approximate surface area is 134 Å². The van der Waals surface area contributed by atoms with Crippen LogP contribution < -0.4 is 5.32 Å². The molecule has 23 heavy (non-hydrogen) atoms. The van der Waals surface area contributed by atoms with Crippen molar-refractivity contribution in [3.05, 3.63) is 22.2 Å². The third-order valence-electron chi connectivity index (χ3n) is 4.00. The zero-order valence-electron chi connectivity index (χ0n) is 13.8. The minimum absolute atomic E-state index is 0.0963. The Bertz CT molecular complexity index is 654. The first-order valence-electron chi connectivity index (χ1n) is 7.95. The third-order valence-corrected chi connectivity index (χ3v) is 4.00. The van der Waals surface area contributed by atoms with E-state index in [1.807, 2.05) is 0 Å². The minimum Gasteiger partial charge on any atom is -0.381 e. The Hall–Kier alpha value is -2.22. The van der Waals surface area contributed by atoms with E-state index in [0.29, 0.717) is 11.2 Å². The molecule has 1 heterocycles. The summed E-state index contributed by atoms with van der Waals surface area (Å²) in [6.07, 6.45) is 2.09. The average molecular weight is 321 g/mol. The topological polar surface area (TPSA) is 97.3 Å². The van der Waals surface area contributed by atoms with E-state index >= 15 is 0 Å². The molecule has 0 fully saturated rings. The number of nitro groups is 1. The van der Waals surface area contributed by atoms with Gasteiger partial charge in [0.2, 0.25) is 5.52 Å². The summed E-state index contributed by atoms with van der Waals surface area (Å²) in [5.41, 5.74) is 1.19. The predicted octanol–water partition coefficient (Wildman–Crippen LogP) is 3.05. The minimum atomic E-state index is -0.482. The van der Waals surface area contributed by atoms with E-state index < -0.39 is 4.92 Å². The van der Waals surface area contributed by atoms with Gasteiger partial charge in [0.15, 0.2) is 5.52 Å². The van der Waals surface area contributed by atoms with Gasteiger partial charge < -0.3 is 10.2 Å². The Kier molecular flexibility index (Phi) is 5.86. The van der Waals surface area contributed by atoms with Gasteiger partial charge in [-0.25, -0.2) is 4.63 Å². The van der Waals surface area contributed by atoms with E-state index in [1.54, 1.807) is 6.07 Å². The summed E-state index contributed by atoms with van der Waals surface area (Å²) in [4.78, 5) is 12.9. The predicted molar refractivity (Wildman–Crippen MR) is 88.6 cm³/mol. The Morgan fingerprint density at radius 2 is 2.00 bits per heavy atom. The zero-order chi connectivity index (χ0) is 16.8. The molecule has 1 atom stereocenters. The van der Waals surface area contributed by atoms with Gasteiger partial charge in [0.05, 0.1) is 10.6 Å². The SMILES string of the molecule is CCN(CC)CCC[C@H](C)Nc1ccc([N+](=O)[O-])c2nonc12. The number of hydrogen-bond acceptors (Lipinski definition) is 7. The van der Waals surface area contributed by atoms with Gasteiger partial charge in [0.25, 0.3) is 0 Å². The number of nitro benzene ring substituents is 1. The van der Waals surface area contributed by atoms with Crippen LogP contribution in [0.2, 0.25) is 0 Å². The van der Waals surface area contributed by atoms with Crippen molar-refractivity contribution in [1.29, 1.82) is 0 Å². The van der Waals surface area contributed by atoms with Crippen LogP contribution in [0.5, 0.6) is 0 Å². The molecule has 8 nitrogen and oxygen atoms in total. The second-order valence-electron chi connectivity index (χ2n) is 5.57. The van der Waals surface area contributed by atoms with Crippen molar-refractivity contribution in [1.82, 2.24) is 15.2 Å². The molecule has 1 N–H and O–H groups in total. The molecule has 0 aliphatic rings. The van der Waals surface area contributed by atoms with Gasteiger partial charge in [0, 0.05) is 12.1 Å². The molecule has 0 spiro atoms. The number of aromatic nitrogens is 2. The van der Waals surface area contributed by atoms with Gasteiger partial charge in [-0.05, 0) is 55.8 Å². The van der Waals surface area contributed by atoms with Gasteiger partial charge in [-0.2, -0.15) is 0 Å². The standard InChI is InChI=1S/C15H23N5O3/c1-4-19(5-2)10-6-7-11(3)16-12-8-9-13(20(21)22)15-14(12)17-23-18-15/h8-9,11,16H,4-7,10H2,1-3H3/t11-/m0/s1. The number of rotatable bonds is 9. The molecule has 0 aliphatic carbocycles. The van der Waals surface area contributed by atoms with Gasteiger partial charge in [-0.1, -0.05) is 13.8 Å². The molecule has 0 bridgehead atoms. The Balaban J connectivity index is 2.00. The lowest BCUT2D eigenvalue weighted by molar-refractivity contribution is -0.383. The van der Waals surface area contributed by atoms with Crippen molar-refractivity contribution in [2.24, 2.45) is 0 Å². The van der Waals surface area contributed by atoms with E-state index in [9.17, 15) is 10.1 Å². The van der Waals surface area contributed by atoms with E-state index in [2.05, 4.69) is 45.9 Å². The van der Waals surface area contributed by atoms with Crippen LogP contribution in [0.15, 0.2) is 16.8 Å². The smallest absolute Gasteiger partial charge is 0.300 e. The highest BCUT2D eigenvalue weighted by atomic mass is 16.6. The van der Waals surface area contributed by atoms with Crippen LogP contribution in [0.3, 0.4) is 0 Å². The molecule has 0 radical (unpaired) electrons. The second kappa shape index (κ2) is 7.87. The van der Waals surface area contributed by atoms with Crippen LogP contribution >= 0.6 is 0 Å². The van der Waals surface area contributed by atoms with Crippen LogP contribution in [0.1, 0.15) is 33.6 Å². The fraction of sp³-hybridized carbons (Fsp3) is 0.600. The Morgan fingerprint density at radius 3 is 2.65 bits per heavy atom. The maximum absolute atomic E-state index is 11.0. The summed E-state index contributed by atoms with van der Waals surface area (Å²) in [5.74, 6) is 0. The molecular formula is C15H23N5O3. The average Bonchev–Trinajstić information content (AvgIpc) is 3.01. The molecule has 8 heteroatoms. The van der Waals surface area contributed by atoms with E-state index in [-0.39, 0.29) is 17.2 Å². The molecule has 0 amide bonds. The highest BCUT2D eigenvalue weighted by Crippen LogP contribution is 2.29. The second-order valence-corrected chi connectivity index (χ2v) is 5.57.